The van der Waals surface area contributed by atoms with Crippen LogP contribution in [0.4, 0.5) is 13.2 Å². The first-order valence-corrected chi connectivity index (χ1v) is 14.6. The van der Waals surface area contributed by atoms with E-state index in [9.17, 15) is 26.4 Å². The fourth-order valence-electron chi connectivity index (χ4n) is 4.74. The van der Waals surface area contributed by atoms with Gasteiger partial charge in [-0.1, -0.05) is 17.7 Å². The van der Waals surface area contributed by atoms with Crippen LogP contribution in [0.15, 0.2) is 18.2 Å². The number of benzene rings is 1. The number of ether oxygens (including phenoxy) is 1. The number of hydrogen-bond donors (Lipinski definition) is 1. The zero-order chi connectivity index (χ0) is 27.4. The molecule has 1 amide bonds. The summed E-state index contributed by atoms with van der Waals surface area (Å²) >= 11 is 6.64. The minimum atomic E-state index is -4.20. The topological polar surface area (TPSA) is 90.3 Å². The number of halogens is 4. The minimum Gasteiger partial charge on any atom is -0.496 e. The van der Waals surface area contributed by atoms with E-state index < -0.39 is 28.3 Å². The van der Waals surface area contributed by atoms with E-state index >= 15 is 0 Å². The molecule has 1 fully saturated rings. The molecule has 0 unspecified atom stereocenters. The molecule has 0 atom stereocenters. The van der Waals surface area contributed by atoms with Crippen LogP contribution in [0.1, 0.15) is 61.5 Å². The highest BCUT2D eigenvalue weighted by Gasteiger charge is 2.29. The third-order valence-corrected chi connectivity index (χ3v) is 8.85. The quantitative estimate of drug-likeness (QED) is 0.415. The van der Waals surface area contributed by atoms with Crippen LogP contribution in [0.2, 0.25) is 5.02 Å². The van der Waals surface area contributed by atoms with Crippen LogP contribution < -0.4 is 10.1 Å². The van der Waals surface area contributed by atoms with Gasteiger partial charge in [0.05, 0.1) is 23.1 Å². The first kappa shape index (κ1) is 29.3. The van der Waals surface area contributed by atoms with Crippen LogP contribution in [0, 0.1) is 5.92 Å². The number of carbonyl (C=O) groups excluding carboxylic acids is 1. The van der Waals surface area contributed by atoms with E-state index in [2.05, 4.69) is 10.4 Å². The molecule has 1 heterocycles. The summed E-state index contributed by atoms with van der Waals surface area (Å²) in [5.41, 5.74) is 1.84. The molecule has 0 aliphatic heterocycles. The van der Waals surface area contributed by atoms with E-state index in [0.717, 1.165) is 0 Å². The molecule has 0 spiro atoms. The molecule has 0 bridgehead atoms. The average Bonchev–Trinajstić information content (AvgIpc) is 3.17. The molecule has 206 valence electrons. The van der Waals surface area contributed by atoms with Gasteiger partial charge in [-0.25, -0.2) is 8.42 Å². The van der Waals surface area contributed by atoms with Gasteiger partial charge in [-0.3, -0.25) is 9.48 Å². The lowest BCUT2D eigenvalue weighted by molar-refractivity contribution is -0.135. The van der Waals surface area contributed by atoms with Gasteiger partial charge in [0.15, 0.2) is 5.69 Å². The van der Waals surface area contributed by atoms with Crippen molar-refractivity contribution >= 4 is 27.3 Å². The van der Waals surface area contributed by atoms with E-state index in [1.54, 1.807) is 22.9 Å². The van der Waals surface area contributed by atoms with Crippen molar-refractivity contribution in [2.45, 2.75) is 69.8 Å². The second kappa shape index (κ2) is 12.1. The largest absolute Gasteiger partial charge is 0.496 e. The Hall–Kier alpha value is -2.27. The molecule has 37 heavy (non-hydrogen) atoms. The Labute approximate surface area is 220 Å². The lowest BCUT2D eigenvalue weighted by Gasteiger charge is -2.27. The Morgan fingerprint density at radius 1 is 1.24 bits per heavy atom. The Kier molecular flexibility index (Phi) is 9.55. The SMILES string of the molecule is CCn1nc(C(=O)NCC2CCC(S(C)(=O)=O)CC2)c(Cl)c1-c1ccc(CCCC(F)(F)F)cc1OC. The second-order valence-corrected chi connectivity index (χ2v) is 12.2. The van der Waals surface area contributed by atoms with Gasteiger partial charge in [0.2, 0.25) is 0 Å². The number of rotatable bonds is 10. The number of sulfone groups is 1. The zero-order valence-electron chi connectivity index (χ0n) is 21.2. The van der Waals surface area contributed by atoms with Gasteiger partial charge >= 0.3 is 6.18 Å². The van der Waals surface area contributed by atoms with Crippen LogP contribution in [0.25, 0.3) is 11.3 Å². The Morgan fingerprint density at radius 2 is 1.92 bits per heavy atom. The highest BCUT2D eigenvalue weighted by atomic mass is 35.5. The monoisotopic (exact) mass is 563 g/mol. The van der Waals surface area contributed by atoms with E-state index in [0.29, 0.717) is 61.3 Å². The van der Waals surface area contributed by atoms with Crippen LogP contribution in [0.3, 0.4) is 0 Å². The molecule has 3 rings (SSSR count). The predicted molar refractivity (Wildman–Crippen MR) is 137 cm³/mol. The molecule has 1 N–H and O–H groups in total. The van der Waals surface area contributed by atoms with Crippen molar-refractivity contribution < 1.29 is 31.1 Å². The van der Waals surface area contributed by atoms with Crippen molar-refractivity contribution in [3.63, 3.8) is 0 Å². The molecule has 7 nitrogen and oxygen atoms in total. The summed E-state index contributed by atoms with van der Waals surface area (Å²) in [5.74, 6) is 0.181. The normalized spacial score (nSPS) is 18.6. The van der Waals surface area contributed by atoms with Crippen molar-refractivity contribution in [1.82, 2.24) is 15.1 Å². The fraction of sp³-hybridized carbons (Fsp3) is 0.600. The van der Waals surface area contributed by atoms with Gasteiger partial charge in [-0.15, -0.1) is 0 Å². The van der Waals surface area contributed by atoms with Gasteiger partial charge in [-0.2, -0.15) is 18.3 Å². The highest BCUT2D eigenvalue weighted by Crippen LogP contribution is 2.38. The van der Waals surface area contributed by atoms with Gasteiger partial charge in [0, 0.05) is 31.3 Å². The maximum absolute atomic E-state index is 13.0. The third kappa shape index (κ3) is 7.63. The molecule has 1 aromatic carbocycles. The van der Waals surface area contributed by atoms with Gasteiger partial charge < -0.3 is 10.1 Å². The molecule has 0 saturated heterocycles. The highest BCUT2D eigenvalue weighted by molar-refractivity contribution is 7.91. The van der Waals surface area contributed by atoms with Crippen molar-refractivity contribution in [1.29, 1.82) is 0 Å². The summed E-state index contributed by atoms with van der Waals surface area (Å²) in [7, 11) is -1.59. The van der Waals surface area contributed by atoms with E-state index in [-0.39, 0.29) is 34.7 Å². The van der Waals surface area contributed by atoms with Gasteiger partial charge in [-0.05, 0) is 69.1 Å². The van der Waals surface area contributed by atoms with Crippen LogP contribution in [-0.2, 0) is 22.8 Å². The lowest BCUT2D eigenvalue weighted by atomic mass is 9.89. The molecular weight excluding hydrogens is 531 g/mol. The molecular formula is C25H33ClF3N3O4S. The standard InChI is InChI=1S/C25H33ClF3N3O4S/c1-4-32-23(19-12-9-16(14-20(19)36-2)6-5-13-25(27,28)29)21(26)22(31-32)24(33)30-15-17-7-10-18(11-8-17)37(3,34)35/h9,12,14,17-18H,4-8,10-11,13,15H2,1-3H3,(H,30,33). The first-order chi connectivity index (χ1) is 17.3. The second-order valence-electron chi connectivity index (χ2n) is 9.51. The molecule has 1 aromatic heterocycles. The zero-order valence-corrected chi connectivity index (χ0v) is 22.8. The number of hydrogen-bond acceptors (Lipinski definition) is 5. The van der Waals surface area contributed by atoms with E-state index in [1.807, 2.05) is 6.92 Å². The maximum Gasteiger partial charge on any atom is 0.389 e. The number of nitrogens with one attached hydrogen (secondary N) is 1. The summed E-state index contributed by atoms with van der Waals surface area (Å²) in [5, 5.41) is 7.12. The molecule has 2 aromatic rings. The number of aryl methyl sites for hydroxylation is 2. The van der Waals surface area contributed by atoms with Crippen LogP contribution >= 0.6 is 11.6 Å². The smallest absolute Gasteiger partial charge is 0.389 e. The van der Waals surface area contributed by atoms with Crippen LogP contribution in [-0.4, -0.2) is 55.4 Å². The van der Waals surface area contributed by atoms with Crippen molar-refractivity contribution in [2.24, 2.45) is 5.92 Å². The lowest BCUT2D eigenvalue weighted by Crippen LogP contribution is -2.34. The van der Waals surface area contributed by atoms with Crippen molar-refractivity contribution in [2.75, 3.05) is 19.9 Å². The number of carbonyl (C=O) groups is 1. The summed E-state index contributed by atoms with van der Waals surface area (Å²) < 4.78 is 68.1. The van der Waals surface area contributed by atoms with Gasteiger partial charge in [0.25, 0.3) is 5.91 Å². The predicted octanol–water partition coefficient (Wildman–Crippen LogP) is 5.45. The van der Waals surface area contributed by atoms with E-state index in [4.69, 9.17) is 16.3 Å². The van der Waals surface area contributed by atoms with Crippen LogP contribution in [0.5, 0.6) is 5.75 Å². The number of amides is 1. The molecule has 12 heteroatoms. The molecule has 1 saturated carbocycles. The van der Waals surface area contributed by atoms with E-state index in [1.165, 1.54) is 13.4 Å². The average molecular weight is 564 g/mol. The number of aromatic nitrogens is 2. The van der Waals surface area contributed by atoms with Crippen molar-refractivity contribution in [3.05, 3.63) is 34.5 Å². The van der Waals surface area contributed by atoms with Gasteiger partial charge in [0.1, 0.15) is 15.6 Å². The number of alkyl halides is 3. The summed E-state index contributed by atoms with van der Waals surface area (Å²) in [4.78, 5) is 13.0. The first-order valence-electron chi connectivity index (χ1n) is 12.3. The third-order valence-electron chi connectivity index (χ3n) is 6.81. The van der Waals surface area contributed by atoms with Crippen molar-refractivity contribution in [3.8, 4) is 17.0 Å². The summed E-state index contributed by atoms with van der Waals surface area (Å²) in [6.45, 7) is 2.68. The molecule has 0 radical (unpaired) electrons. The summed E-state index contributed by atoms with van der Waals surface area (Å²) in [6, 6.07) is 5.13. The molecule has 1 aliphatic carbocycles. The number of nitrogens with zero attached hydrogens (tertiary/aromatic N) is 2. The Bertz CT molecular complexity index is 1210. The maximum atomic E-state index is 13.0. The number of methoxy groups -OCH3 is 1. The minimum absolute atomic E-state index is 0.0279. The Balaban J connectivity index is 1.73. The molecule has 1 aliphatic rings. The Morgan fingerprint density at radius 3 is 2.49 bits per heavy atom. The fourth-order valence-corrected chi connectivity index (χ4v) is 6.19. The summed E-state index contributed by atoms with van der Waals surface area (Å²) in [6.07, 6.45) is -0.974.